The first-order valence-corrected chi connectivity index (χ1v) is 17.0. The molecule has 0 fully saturated rings. The Balaban J connectivity index is 1.44. The number of benzene rings is 5. The van der Waals surface area contributed by atoms with Crippen molar-refractivity contribution in [3.8, 4) is 45.1 Å². The molecule has 8 rings (SSSR count). The molecule has 0 aliphatic rings. The number of rotatable bonds is 5. The van der Waals surface area contributed by atoms with Gasteiger partial charge in [0.2, 0.25) is 0 Å². The molecule has 0 atom stereocenters. The van der Waals surface area contributed by atoms with Crippen molar-refractivity contribution in [1.82, 2.24) is 23.9 Å². The van der Waals surface area contributed by atoms with Crippen LogP contribution < -0.4 is 0 Å². The standard InChI is InChI=1S/C44H41N5/c1-28-24-29(2)39(30(3)25-28)40-41(31-14-9-8-10-15-31)49(46-42(40)44(4,5)6)34-20-21-36-35-18-11-12-19-37(35)48(38(36)27-34)33-17-13-16-32(26-33)43-45-22-23-47(43)7/h8-27H,1-7H3. The van der Waals surface area contributed by atoms with Gasteiger partial charge in [0.1, 0.15) is 5.82 Å². The number of nitrogens with zero attached hydrogens (tertiary/aromatic N) is 5. The van der Waals surface area contributed by atoms with E-state index in [2.05, 4.69) is 170 Å². The lowest BCUT2D eigenvalue weighted by molar-refractivity contribution is 0.562. The molecule has 0 saturated carbocycles. The first-order chi connectivity index (χ1) is 23.6. The Morgan fingerprint density at radius 1 is 0.612 bits per heavy atom. The highest BCUT2D eigenvalue weighted by Crippen LogP contribution is 2.44. The van der Waals surface area contributed by atoms with Gasteiger partial charge in [0.25, 0.3) is 0 Å². The van der Waals surface area contributed by atoms with Gasteiger partial charge in [-0.2, -0.15) is 5.10 Å². The van der Waals surface area contributed by atoms with Gasteiger partial charge in [-0.15, -0.1) is 0 Å². The molecule has 5 heteroatoms. The number of imidazole rings is 1. The highest BCUT2D eigenvalue weighted by Gasteiger charge is 2.31. The maximum absolute atomic E-state index is 5.53. The van der Waals surface area contributed by atoms with Crippen LogP contribution >= 0.6 is 0 Å². The van der Waals surface area contributed by atoms with Crippen LogP contribution in [0.5, 0.6) is 0 Å². The second-order valence-corrected chi connectivity index (χ2v) is 14.3. The maximum Gasteiger partial charge on any atom is 0.139 e. The summed E-state index contributed by atoms with van der Waals surface area (Å²) >= 11 is 0. The molecule has 8 aromatic rings. The number of hydrogen-bond donors (Lipinski definition) is 0. The monoisotopic (exact) mass is 639 g/mol. The Hall–Kier alpha value is -5.68. The molecule has 0 amide bonds. The minimum absolute atomic E-state index is 0.196. The summed E-state index contributed by atoms with van der Waals surface area (Å²) in [7, 11) is 2.04. The first kappa shape index (κ1) is 30.6. The zero-order valence-corrected chi connectivity index (χ0v) is 29.3. The van der Waals surface area contributed by atoms with Crippen molar-refractivity contribution in [3.63, 3.8) is 0 Å². The number of hydrogen-bond acceptors (Lipinski definition) is 2. The van der Waals surface area contributed by atoms with E-state index in [1.54, 1.807) is 0 Å². The van der Waals surface area contributed by atoms with Crippen molar-refractivity contribution in [3.05, 3.63) is 144 Å². The predicted octanol–water partition coefficient (Wildman–Crippen LogP) is 10.9. The van der Waals surface area contributed by atoms with Crippen LogP contribution in [0.1, 0.15) is 43.2 Å². The normalized spacial score (nSPS) is 12.0. The van der Waals surface area contributed by atoms with E-state index in [1.165, 1.54) is 38.6 Å². The molecule has 0 bridgehead atoms. The minimum atomic E-state index is -0.196. The molecule has 0 unspecified atom stereocenters. The summed E-state index contributed by atoms with van der Waals surface area (Å²) in [6.45, 7) is 13.5. The zero-order valence-electron chi connectivity index (χ0n) is 29.3. The Morgan fingerprint density at radius 2 is 1.31 bits per heavy atom. The molecular weight excluding hydrogens is 599 g/mol. The highest BCUT2D eigenvalue weighted by molar-refractivity contribution is 6.10. The van der Waals surface area contributed by atoms with Crippen LogP contribution in [0.3, 0.4) is 0 Å². The summed E-state index contributed by atoms with van der Waals surface area (Å²) in [5.74, 6) is 0.941. The van der Waals surface area contributed by atoms with Gasteiger partial charge in [0, 0.05) is 58.0 Å². The van der Waals surface area contributed by atoms with Gasteiger partial charge >= 0.3 is 0 Å². The molecule has 0 spiro atoms. The third-order valence-corrected chi connectivity index (χ3v) is 9.66. The molecule has 0 aliphatic carbocycles. The molecule has 0 aliphatic heterocycles. The van der Waals surface area contributed by atoms with Crippen molar-refractivity contribution >= 4 is 21.8 Å². The Labute approximate surface area is 288 Å². The number of aromatic nitrogens is 5. The largest absolute Gasteiger partial charge is 0.334 e. The molecule has 3 aromatic heterocycles. The van der Waals surface area contributed by atoms with Crippen LogP contribution in [0.4, 0.5) is 0 Å². The summed E-state index contributed by atoms with van der Waals surface area (Å²) in [5, 5.41) is 7.95. The van der Waals surface area contributed by atoms with E-state index in [-0.39, 0.29) is 5.41 Å². The van der Waals surface area contributed by atoms with Gasteiger partial charge < -0.3 is 9.13 Å². The van der Waals surface area contributed by atoms with Crippen molar-refractivity contribution in [2.24, 2.45) is 7.05 Å². The lowest BCUT2D eigenvalue weighted by Crippen LogP contribution is -2.14. The van der Waals surface area contributed by atoms with Gasteiger partial charge in [-0.3, -0.25) is 0 Å². The molecular formula is C44H41N5. The summed E-state index contributed by atoms with van der Waals surface area (Å²) in [6.07, 6.45) is 3.84. The van der Waals surface area contributed by atoms with Crippen LogP contribution in [0.15, 0.2) is 122 Å². The van der Waals surface area contributed by atoms with Crippen LogP contribution in [0, 0.1) is 20.8 Å². The quantitative estimate of drug-likeness (QED) is 0.188. The van der Waals surface area contributed by atoms with Crippen molar-refractivity contribution < 1.29 is 0 Å². The zero-order chi connectivity index (χ0) is 34.0. The van der Waals surface area contributed by atoms with Gasteiger partial charge in [-0.05, 0) is 67.8 Å². The van der Waals surface area contributed by atoms with E-state index in [1.807, 2.05) is 19.4 Å². The molecule has 3 heterocycles. The van der Waals surface area contributed by atoms with Crippen LogP contribution in [-0.4, -0.2) is 23.9 Å². The van der Waals surface area contributed by atoms with E-state index in [9.17, 15) is 0 Å². The lowest BCUT2D eigenvalue weighted by atomic mass is 9.82. The lowest BCUT2D eigenvalue weighted by Gasteiger charge is -2.21. The first-order valence-electron chi connectivity index (χ1n) is 17.0. The van der Waals surface area contributed by atoms with E-state index < -0.39 is 0 Å². The smallest absolute Gasteiger partial charge is 0.139 e. The summed E-state index contributed by atoms with van der Waals surface area (Å²) in [5.41, 5.74) is 14.9. The second-order valence-electron chi connectivity index (χ2n) is 14.3. The van der Waals surface area contributed by atoms with Crippen molar-refractivity contribution in [2.75, 3.05) is 0 Å². The molecule has 0 radical (unpaired) electrons. The third kappa shape index (κ3) is 5.08. The Morgan fingerprint density at radius 3 is 2.02 bits per heavy atom. The van der Waals surface area contributed by atoms with Crippen molar-refractivity contribution in [1.29, 1.82) is 0 Å². The molecule has 49 heavy (non-hydrogen) atoms. The van der Waals surface area contributed by atoms with Gasteiger partial charge in [0.05, 0.1) is 28.1 Å². The molecule has 5 nitrogen and oxygen atoms in total. The average Bonchev–Trinajstić information content (AvgIpc) is 3.78. The van der Waals surface area contributed by atoms with Gasteiger partial charge in [-0.1, -0.05) is 105 Å². The van der Waals surface area contributed by atoms with Gasteiger partial charge in [-0.25, -0.2) is 9.67 Å². The summed E-state index contributed by atoms with van der Waals surface area (Å²) < 4.78 is 6.63. The van der Waals surface area contributed by atoms with E-state index >= 15 is 0 Å². The topological polar surface area (TPSA) is 40.6 Å². The average molecular weight is 640 g/mol. The van der Waals surface area contributed by atoms with E-state index in [0.29, 0.717) is 0 Å². The van der Waals surface area contributed by atoms with Crippen LogP contribution in [0.2, 0.25) is 0 Å². The Kier molecular flexibility index (Phi) is 7.18. The van der Waals surface area contributed by atoms with Crippen LogP contribution in [0.25, 0.3) is 67.0 Å². The fraction of sp³-hybridized carbons (Fsp3) is 0.182. The summed E-state index contributed by atoms with van der Waals surface area (Å²) in [6, 6.07) is 39.5. The predicted molar refractivity (Wildman–Crippen MR) is 204 cm³/mol. The second kappa shape index (κ2) is 11.5. The van der Waals surface area contributed by atoms with Crippen LogP contribution in [-0.2, 0) is 12.5 Å². The maximum atomic E-state index is 5.53. The Bertz CT molecular complexity index is 2490. The number of fused-ring (bicyclic) bond motifs is 3. The molecule has 0 saturated heterocycles. The highest BCUT2D eigenvalue weighted by atomic mass is 15.3. The number of para-hydroxylation sites is 1. The fourth-order valence-corrected chi connectivity index (χ4v) is 7.60. The molecule has 5 aromatic carbocycles. The van der Waals surface area contributed by atoms with E-state index in [0.717, 1.165) is 50.7 Å². The van der Waals surface area contributed by atoms with E-state index in [4.69, 9.17) is 5.10 Å². The molecule has 242 valence electrons. The van der Waals surface area contributed by atoms with Crippen molar-refractivity contribution in [2.45, 2.75) is 47.0 Å². The number of aryl methyl sites for hydroxylation is 4. The summed E-state index contributed by atoms with van der Waals surface area (Å²) in [4.78, 5) is 4.64. The minimum Gasteiger partial charge on any atom is -0.334 e. The third-order valence-electron chi connectivity index (χ3n) is 9.66. The SMILES string of the molecule is Cc1cc(C)c(-c2c(C(C)(C)C)nn(-c3ccc4c5ccccc5n(-c5cccc(-c6nccn6C)c5)c4c3)c2-c2ccccc2)c(C)c1. The molecule has 0 N–H and O–H groups in total. The van der Waals surface area contributed by atoms with Gasteiger partial charge in [0.15, 0.2) is 0 Å². The fourth-order valence-electron chi connectivity index (χ4n) is 7.60.